The number of alkyl halides is 3. The van der Waals surface area contributed by atoms with Crippen LogP contribution in [0.4, 0.5) is 13.2 Å². The van der Waals surface area contributed by atoms with Crippen molar-refractivity contribution in [3.8, 4) is 0 Å². The van der Waals surface area contributed by atoms with Gasteiger partial charge in [-0.05, 0) is 60.0 Å². The predicted molar refractivity (Wildman–Crippen MR) is 108 cm³/mol. The van der Waals surface area contributed by atoms with E-state index in [0.29, 0.717) is 18.0 Å². The number of para-hydroxylation sites is 2. The lowest BCUT2D eigenvalue weighted by atomic mass is 10.0. The summed E-state index contributed by atoms with van der Waals surface area (Å²) >= 11 is 0. The van der Waals surface area contributed by atoms with Crippen molar-refractivity contribution >= 4 is 11.0 Å². The van der Waals surface area contributed by atoms with Crippen molar-refractivity contribution in [3.63, 3.8) is 0 Å². The highest BCUT2D eigenvalue weighted by molar-refractivity contribution is 5.76. The van der Waals surface area contributed by atoms with E-state index < -0.39 is 11.7 Å². The number of fused-ring (bicyclic) bond motifs is 1. The van der Waals surface area contributed by atoms with Gasteiger partial charge in [0.05, 0.1) is 23.2 Å². The summed E-state index contributed by atoms with van der Waals surface area (Å²) in [5.74, 6) is 0.669. The molecule has 0 unspecified atom stereocenters. The van der Waals surface area contributed by atoms with Gasteiger partial charge in [0, 0.05) is 18.9 Å². The number of halogens is 3. The third kappa shape index (κ3) is 4.36. The lowest BCUT2D eigenvalue weighted by Gasteiger charge is -2.14. The number of hydrogen-bond acceptors (Lipinski definition) is 3. The fourth-order valence-corrected chi connectivity index (χ4v) is 3.34. The largest absolute Gasteiger partial charge is 0.416 e. The molecule has 0 spiro atoms. The molecule has 4 aromatic rings. The second kappa shape index (κ2) is 8.28. The number of pyridine rings is 1. The third-order valence-electron chi connectivity index (χ3n) is 4.99. The van der Waals surface area contributed by atoms with Gasteiger partial charge in [0.1, 0.15) is 12.4 Å². The maximum absolute atomic E-state index is 13.2. The fraction of sp³-hybridized carbons (Fsp3) is 0.217. The Morgan fingerprint density at radius 3 is 2.50 bits per heavy atom. The lowest BCUT2D eigenvalue weighted by molar-refractivity contribution is -0.137. The maximum atomic E-state index is 13.2. The number of imidazole rings is 1. The summed E-state index contributed by atoms with van der Waals surface area (Å²) in [6, 6.07) is 15.2. The van der Waals surface area contributed by atoms with Crippen LogP contribution >= 0.6 is 0 Å². The van der Waals surface area contributed by atoms with E-state index in [4.69, 9.17) is 4.74 Å². The SMILES string of the molecule is Cc1ccc(C(F)(F)F)cc1Cn1c(COCc2ccncc2)nc2ccccc21. The molecule has 0 atom stereocenters. The lowest BCUT2D eigenvalue weighted by Crippen LogP contribution is -2.10. The molecule has 0 aliphatic rings. The number of aryl methyl sites for hydroxylation is 1. The second-order valence-electron chi connectivity index (χ2n) is 7.09. The minimum atomic E-state index is -4.38. The van der Waals surface area contributed by atoms with Gasteiger partial charge in [-0.1, -0.05) is 18.2 Å². The van der Waals surface area contributed by atoms with Crippen molar-refractivity contribution in [1.82, 2.24) is 14.5 Å². The van der Waals surface area contributed by atoms with Crippen molar-refractivity contribution in [2.24, 2.45) is 0 Å². The highest BCUT2D eigenvalue weighted by atomic mass is 19.4. The number of ether oxygens (including phenoxy) is 1. The molecule has 0 fully saturated rings. The van der Waals surface area contributed by atoms with Gasteiger partial charge >= 0.3 is 6.18 Å². The van der Waals surface area contributed by atoms with Gasteiger partial charge < -0.3 is 9.30 Å². The molecule has 0 amide bonds. The summed E-state index contributed by atoms with van der Waals surface area (Å²) in [6.07, 6.45) is -0.982. The van der Waals surface area contributed by atoms with Crippen LogP contribution in [0.1, 0.15) is 28.1 Å². The van der Waals surface area contributed by atoms with Crippen molar-refractivity contribution < 1.29 is 17.9 Å². The number of rotatable bonds is 6. The van der Waals surface area contributed by atoms with E-state index in [9.17, 15) is 13.2 Å². The molecule has 30 heavy (non-hydrogen) atoms. The molecule has 2 aromatic carbocycles. The first-order valence-electron chi connectivity index (χ1n) is 9.49. The number of benzene rings is 2. The second-order valence-corrected chi connectivity index (χ2v) is 7.09. The molecule has 0 saturated heterocycles. The Bertz CT molecular complexity index is 1150. The molecule has 0 bridgehead atoms. The molecule has 154 valence electrons. The zero-order valence-electron chi connectivity index (χ0n) is 16.4. The molecule has 0 N–H and O–H groups in total. The summed E-state index contributed by atoms with van der Waals surface area (Å²) < 4.78 is 47.3. The zero-order chi connectivity index (χ0) is 21.1. The van der Waals surface area contributed by atoms with Crippen LogP contribution in [0.15, 0.2) is 67.0 Å². The first kappa shape index (κ1) is 20.1. The molecular formula is C23H20F3N3O. The first-order chi connectivity index (χ1) is 14.4. The number of aromatic nitrogens is 3. The van der Waals surface area contributed by atoms with Crippen LogP contribution in [0.25, 0.3) is 11.0 Å². The molecule has 0 aliphatic heterocycles. The van der Waals surface area contributed by atoms with Crippen molar-refractivity contribution in [2.45, 2.75) is 32.9 Å². The first-order valence-corrected chi connectivity index (χ1v) is 9.49. The molecule has 2 heterocycles. The van der Waals surface area contributed by atoms with Gasteiger partial charge in [0.2, 0.25) is 0 Å². The highest BCUT2D eigenvalue weighted by Crippen LogP contribution is 2.31. The average molecular weight is 411 g/mol. The Labute approximate surface area is 172 Å². The number of hydrogen-bond donors (Lipinski definition) is 0. The zero-order valence-corrected chi connectivity index (χ0v) is 16.4. The van der Waals surface area contributed by atoms with Crippen LogP contribution in [0.5, 0.6) is 0 Å². The molecule has 2 aromatic heterocycles. The Morgan fingerprint density at radius 2 is 1.73 bits per heavy atom. The highest BCUT2D eigenvalue weighted by Gasteiger charge is 2.30. The summed E-state index contributed by atoms with van der Waals surface area (Å²) in [5.41, 5.74) is 3.37. The van der Waals surface area contributed by atoms with Crippen LogP contribution < -0.4 is 0 Å². The maximum Gasteiger partial charge on any atom is 0.416 e. The van der Waals surface area contributed by atoms with Gasteiger partial charge in [-0.2, -0.15) is 13.2 Å². The molecular weight excluding hydrogens is 391 g/mol. The standard InChI is InChI=1S/C23H20F3N3O/c1-16-6-7-19(23(24,25)26)12-18(16)13-29-21-5-3-2-4-20(21)28-22(29)15-30-14-17-8-10-27-11-9-17/h2-12H,13-15H2,1H3. The van der Waals surface area contributed by atoms with Crippen LogP contribution in [0.3, 0.4) is 0 Å². The van der Waals surface area contributed by atoms with Crippen molar-refractivity contribution in [1.29, 1.82) is 0 Å². The Hall–Kier alpha value is -3.19. The van der Waals surface area contributed by atoms with E-state index in [1.807, 2.05) is 47.9 Å². The van der Waals surface area contributed by atoms with E-state index in [1.165, 1.54) is 12.1 Å². The van der Waals surface area contributed by atoms with Crippen molar-refractivity contribution in [2.75, 3.05) is 0 Å². The summed E-state index contributed by atoms with van der Waals surface area (Å²) in [5, 5.41) is 0. The topological polar surface area (TPSA) is 39.9 Å². The molecule has 0 saturated carbocycles. The summed E-state index contributed by atoms with van der Waals surface area (Å²) in [4.78, 5) is 8.63. The normalized spacial score (nSPS) is 11.9. The van der Waals surface area contributed by atoms with Crippen LogP contribution in [-0.2, 0) is 30.7 Å². The van der Waals surface area contributed by atoms with Gasteiger partial charge in [0.25, 0.3) is 0 Å². The quantitative estimate of drug-likeness (QED) is 0.419. The van der Waals surface area contributed by atoms with E-state index in [2.05, 4.69) is 9.97 Å². The predicted octanol–water partition coefficient (Wildman–Crippen LogP) is 5.52. The monoisotopic (exact) mass is 411 g/mol. The van der Waals surface area contributed by atoms with E-state index in [1.54, 1.807) is 12.4 Å². The summed E-state index contributed by atoms with van der Waals surface area (Å²) in [7, 11) is 0. The molecule has 0 radical (unpaired) electrons. The smallest absolute Gasteiger partial charge is 0.369 e. The molecule has 4 nitrogen and oxygen atoms in total. The third-order valence-corrected chi connectivity index (χ3v) is 4.99. The van der Waals surface area contributed by atoms with Crippen LogP contribution in [0, 0.1) is 6.92 Å². The Kier molecular flexibility index (Phi) is 5.55. The number of nitrogens with zero attached hydrogens (tertiary/aromatic N) is 3. The molecule has 4 rings (SSSR count). The minimum Gasteiger partial charge on any atom is -0.369 e. The van der Waals surface area contributed by atoms with E-state index in [0.717, 1.165) is 28.2 Å². The van der Waals surface area contributed by atoms with Gasteiger partial charge in [-0.3, -0.25) is 4.98 Å². The van der Waals surface area contributed by atoms with Crippen LogP contribution in [0.2, 0.25) is 0 Å². The van der Waals surface area contributed by atoms with Crippen molar-refractivity contribution in [3.05, 3.63) is 95.1 Å². The van der Waals surface area contributed by atoms with Crippen LogP contribution in [-0.4, -0.2) is 14.5 Å². The fourth-order valence-electron chi connectivity index (χ4n) is 3.34. The van der Waals surface area contributed by atoms with Gasteiger partial charge in [-0.15, -0.1) is 0 Å². The summed E-state index contributed by atoms with van der Waals surface area (Å²) in [6.45, 7) is 2.74. The Morgan fingerprint density at radius 1 is 0.967 bits per heavy atom. The Balaban J connectivity index is 1.64. The minimum absolute atomic E-state index is 0.245. The molecule has 7 heteroatoms. The van der Waals surface area contributed by atoms with E-state index >= 15 is 0 Å². The molecule has 0 aliphatic carbocycles. The van der Waals surface area contributed by atoms with Gasteiger partial charge in [0.15, 0.2) is 0 Å². The average Bonchev–Trinajstić information content (AvgIpc) is 3.07. The van der Waals surface area contributed by atoms with E-state index in [-0.39, 0.29) is 13.2 Å². The van der Waals surface area contributed by atoms with Gasteiger partial charge in [-0.25, -0.2) is 4.98 Å².